The smallest absolute Gasteiger partial charge is 0.307 e. The van der Waals surface area contributed by atoms with Crippen molar-refractivity contribution in [1.29, 1.82) is 0 Å². The number of hydrogen-bond donors (Lipinski definition) is 2. The van der Waals surface area contributed by atoms with Crippen molar-refractivity contribution in [2.75, 3.05) is 18.4 Å². The Morgan fingerprint density at radius 3 is 2.70 bits per heavy atom. The number of nitrogens with zero attached hydrogens (tertiary/aromatic N) is 1. The minimum absolute atomic E-state index is 0.219. The molecule has 0 bridgehead atoms. The number of carboxylic acids is 1. The van der Waals surface area contributed by atoms with Gasteiger partial charge >= 0.3 is 5.97 Å². The molecule has 0 saturated carbocycles. The first-order valence-corrected chi connectivity index (χ1v) is 7.81. The van der Waals surface area contributed by atoms with Gasteiger partial charge in [0.2, 0.25) is 5.91 Å². The minimum Gasteiger partial charge on any atom is -0.481 e. The molecule has 126 valence electrons. The maximum Gasteiger partial charge on any atom is 0.307 e. The number of carbonyl (C=O) groups is 2. The van der Waals surface area contributed by atoms with Crippen molar-refractivity contribution in [3.05, 3.63) is 29.6 Å². The molecule has 0 aliphatic carbocycles. The highest BCUT2D eigenvalue weighted by molar-refractivity contribution is 5.94. The topological polar surface area (TPSA) is 69.6 Å². The van der Waals surface area contributed by atoms with Crippen LogP contribution in [0.1, 0.15) is 25.8 Å². The molecule has 0 radical (unpaired) electrons. The molecule has 3 atom stereocenters. The molecule has 2 rings (SSSR count). The van der Waals surface area contributed by atoms with E-state index in [1.807, 2.05) is 11.8 Å². The van der Waals surface area contributed by atoms with Gasteiger partial charge in [0, 0.05) is 18.8 Å². The average molecular weight is 322 g/mol. The van der Waals surface area contributed by atoms with E-state index >= 15 is 0 Å². The molecule has 23 heavy (non-hydrogen) atoms. The second kappa shape index (κ2) is 7.08. The molecule has 0 spiro atoms. The first-order chi connectivity index (χ1) is 10.8. The number of carboxylic acid groups (broad SMARTS) is 1. The number of aryl methyl sites for hydroxylation is 1. The molecule has 1 amide bonds. The number of aliphatic carboxylic acids is 1. The quantitative estimate of drug-likeness (QED) is 0.893. The van der Waals surface area contributed by atoms with Crippen LogP contribution in [0.2, 0.25) is 0 Å². The Morgan fingerprint density at radius 1 is 1.39 bits per heavy atom. The lowest BCUT2D eigenvalue weighted by atomic mass is 9.89. The van der Waals surface area contributed by atoms with Crippen LogP contribution in [0.3, 0.4) is 0 Å². The summed E-state index contributed by atoms with van der Waals surface area (Å²) >= 11 is 0. The Bertz CT molecular complexity index is 606. The van der Waals surface area contributed by atoms with Crippen LogP contribution in [0.5, 0.6) is 0 Å². The number of carbonyl (C=O) groups excluding carboxylic acids is 1. The fraction of sp³-hybridized carbons (Fsp3) is 0.529. The van der Waals surface area contributed by atoms with E-state index in [1.54, 1.807) is 26.0 Å². The number of benzene rings is 1. The van der Waals surface area contributed by atoms with Gasteiger partial charge < -0.3 is 10.4 Å². The van der Waals surface area contributed by atoms with Crippen LogP contribution in [0.15, 0.2) is 18.2 Å². The number of likely N-dealkylation sites (tertiary alicyclic amines) is 1. The van der Waals surface area contributed by atoms with Crippen LogP contribution >= 0.6 is 0 Å². The van der Waals surface area contributed by atoms with Gasteiger partial charge in [0.25, 0.3) is 0 Å². The number of nitrogens with one attached hydrogen (secondary N) is 1. The Morgan fingerprint density at radius 2 is 2.09 bits per heavy atom. The fourth-order valence-corrected chi connectivity index (χ4v) is 2.97. The van der Waals surface area contributed by atoms with Crippen LogP contribution < -0.4 is 5.32 Å². The van der Waals surface area contributed by atoms with E-state index in [-0.39, 0.29) is 17.6 Å². The molecule has 1 saturated heterocycles. The molecule has 1 aromatic carbocycles. The van der Waals surface area contributed by atoms with Gasteiger partial charge in [-0.3, -0.25) is 14.5 Å². The second-order valence-electron chi connectivity index (χ2n) is 6.46. The summed E-state index contributed by atoms with van der Waals surface area (Å²) < 4.78 is 13.5. The van der Waals surface area contributed by atoms with Crippen molar-refractivity contribution in [3.63, 3.8) is 0 Å². The first-order valence-electron chi connectivity index (χ1n) is 7.81. The summed E-state index contributed by atoms with van der Waals surface area (Å²) in [5, 5.41) is 11.9. The minimum atomic E-state index is -0.824. The maximum absolute atomic E-state index is 13.5. The lowest BCUT2D eigenvalue weighted by Gasteiger charge is -2.37. The van der Waals surface area contributed by atoms with E-state index in [0.717, 1.165) is 0 Å². The lowest BCUT2D eigenvalue weighted by molar-refractivity contribution is -0.145. The Balaban J connectivity index is 2.03. The van der Waals surface area contributed by atoms with E-state index in [4.69, 9.17) is 0 Å². The zero-order valence-corrected chi connectivity index (χ0v) is 13.7. The largest absolute Gasteiger partial charge is 0.481 e. The highest BCUT2D eigenvalue weighted by Gasteiger charge is 2.33. The number of piperidine rings is 1. The van der Waals surface area contributed by atoms with Crippen LogP contribution in [0, 0.1) is 24.6 Å². The van der Waals surface area contributed by atoms with Gasteiger partial charge in [0.15, 0.2) is 0 Å². The number of rotatable bonds is 4. The lowest BCUT2D eigenvalue weighted by Crippen LogP contribution is -2.50. The third kappa shape index (κ3) is 4.28. The normalized spacial score (nSPS) is 23.3. The van der Waals surface area contributed by atoms with Crippen molar-refractivity contribution < 1.29 is 19.1 Å². The number of halogens is 1. The third-order valence-electron chi connectivity index (χ3n) is 4.40. The Hall–Kier alpha value is -1.95. The Labute approximate surface area is 135 Å². The van der Waals surface area contributed by atoms with Crippen LogP contribution in [0.4, 0.5) is 10.1 Å². The monoisotopic (exact) mass is 322 g/mol. The highest BCUT2D eigenvalue weighted by Crippen LogP contribution is 2.24. The van der Waals surface area contributed by atoms with E-state index < -0.39 is 17.9 Å². The predicted molar refractivity (Wildman–Crippen MR) is 85.7 cm³/mol. The molecule has 1 heterocycles. The fourth-order valence-electron chi connectivity index (χ4n) is 2.97. The van der Waals surface area contributed by atoms with Crippen molar-refractivity contribution in [2.45, 2.75) is 33.2 Å². The van der Waals surface area contributed by atoms with Gasteiger partial charge in [0.1, 0.15) is 5.82 Å². The van der Waals surface area contributed by atoms with Gasteiger partial charge in [-0.05, 0) is 43.9 Å². The number of amides is 1. The van der Waals surface area contributed by atoms with E-state index in [1.165, 1.54) is 6.07 Å². The van der Waals surface area contributed by atoms with Crippen molar-refractivity contribution >= 4 is 17.6 Å². The van der Waals surface area contributed by atoms with E-state index in [0.29, 0.717) is 30.8 Å². The van der Waals surface area contributed by atoms with E-state index in [9.17, 15) is 19.1 Å². The van der Waals surface area contributed by atoms with Gasteiger partial charge in [-0.2, -0.15) is 0 Å². The van der Waals surface area contributed by atoms with Crippen LogP contribution in [-0.4, -0.2) is 41.0 Å². The molecule has 1 aliphatic rings. The molecule has 1 aromatic rings. The Kier molecular flexibility index (Phi) is 5.36. The number of anilines is 1. The molecular formula is C17H23FN2O3. The van der Waals surface area contributed by atoms with Crippen LogP contribution in [-0.2, 0) is 9.59 Å². The standard InChI is InChI=1S/C17H23FN2O3/c1-10-6-13(17(22)23)9-20(8-10)12(3)16(21)19-14-5-4-11(2)15(18)7-14/h4-5,7,10,12-13H,6,8-9H2,1-3H3,(H,19,21)(H,22,23). The SMILES string of the molecule is Cc1ccc(NC(=O)C(C)N2CC(C)CC(C(=O)O)C2)cc1F. The molecule has 1 aliphatic heterocycles. The molecule has 5 nitrogen and oxygen atoms in total. The molecule has 1 fully saturated rings. The van der Waals surface area contributed by atoms with E-state index in [2.05, 4.69) is 5.32 Å². The summed E-state index contributed by atoms with van der Waals surface area (Å²) in [6.45, 7) is 6.43. The summed E-state index contributed by atoms with van der Waals surface area (Å²) in [6.07, 6.45) is 0.628. The van der Waals surface area contributed by atoms with Gasteiger partial charge in [0.05, 0.1) is 12.0 Å². The van der Waals surface area contributed by atoms with Gasteiger partial charge in [-0.25, -0.2) is 4.39 Å². The van der Waals surface area contributed by atoms with Gasteiger partial charge in [-0.15, -0.1) is 0 Å². The first kappa shape index (κ1) is 17.4. The number of hydrogen-bond acceptors (Lipinski definition) is 3. The van der Waals surface area contributed by atoms with Crippen molar-refractivity contribution in [2.24, 2.45) is 11.8 Å². The molecule has 6 heteroatoms. The summed E-state index contributed by atoms with van der Waals surface area (Å²) in [4.78, 5) is 25.5. The third-order valence-corrected chi connectivity index (χ3v) is 4.40. The van der Waals surface area contributed by atoms with Crippen molar-refractivity contribution in [1.82, 2.24) is 4.90 Å². The average Bonchev–Trinajstić information content (AvgIpc) is 2.49. The molecular weight excluding hydrogens is 299 g/mol. The molecule has 0 aromatic heterocycles. The van der Waals surface area contributed by atoms with Crippen molar-refractivity contribution in [3.8, 4) is 0 Å². The highest BCUT2D eigenvalue weighted by atomic mass is 19.1. The molecule has 2 N–H and O–H groups in total. The van der Waals surface area contributed by atoms with Crippen LogP contribution in [0.25, 0.3) is 0 Å². The summed E-state index contributed by atoms with van der Waals surface area (Å²) in [5.74, 6) is -1.68. The molecule has 3 unspecified atom stereocenters. The zero-order chi connectivity index (χ0) is 17.1. The summed E-state index contributed by atoms with van der Waals surface area (Å²) in [6, 6.07) is 4.09. The zero-order valence-electron chi connectivity index (χ0n) is 13.7. The summed E-state index contributed by atoms with van der Waals surface area (Å²) in [7, 11) is 0. The predicted octanol–water partition coefficient (Wildman–Crippen LogP) is 2.50. The van der Waals surface area contributed by atoms with Gasteiger partial charge in [-0.1, -0.05) is 13.0 Å². The second-order valence-corrected chi connectivity index (χ2v) is 6.46. The summed E-state index contributed by atoms with van der Waals surface area (Å²) in [5.41, 5.74) is 0.926. The maximum atomic E-state index is 13.5.